The minimum absolute atomic E-state index is 0.247. The van der Waals surface area contributed by atoms with E-state index >= 15 is 0 Å². The molecule has 0 radical (unpaired) electrons. The second-order valence-electron chi connectivity index (χ2n) is 5.22. The van der Waals surface area contributed by atoms with E-state index in [4.69, 9.17) is 0 Å². The van der Waals surface area contributed by atoms with Crippen LogP contribution in [0.2, 0.25) is 0 Å². The number of aromatic nitrogens is 3. The van der Waals surface area contributed by atoms with Crippen molar-refractivity contribution in [2.24, 2.45) is 12.1 Å². The van der Waals surface area contributed by atoms with Crippen LogP contribution in [-0.2, 0) is 7.05 Å². The van der Waals surface area contributed by atoms with Gasteiger partial charge in [0.25, 0.3) is 5.91 Å². The third kappa shape index (κ3) is 2.96. The Hall–Kier alpha value is -3.22. The smallest absolute Gasteiger partial charge is 0.273 e. The lowest BCUT2D eigenvalue weighted by molar-refractivity contribution is 0.0955. The molecule has 1 N–H and O–H groups in total. The summed E-state index contributed by atoms with van der Waals surface area (Å²) in [5.74, 6) is -0.879. The molecule has 0 fully saturated rings. The number of nitrogens with zero attached hydrogens (tertiary/aromatic N) is 4. The number of halogens is 1. The van der Waals surface area contributed by atoms with Gasteiger partial charge >= 0.3 is 0 Å². The van der Waals surface area contributed by atoms with E-state index < -0.39 is 5.95 Å². The molecule has 0 spiro atoms. The molecule has 0 unspecified atom stereocenters. The van der Waals surface area contributed by atoms with Crippen LogP contribution in [0, 0.1) is 12.9 Å². The quantitative estimate of drug-likeness (QED) is 0.591. The van der Waals surface area contributed by atoms with Crippen LogP contribution in [0.25, 0.3) is 5.69 Å². The zero-order chi connectivity index (χ0) is 17.1. The first-order valence-electron chi connectivity index (χ1n) is 7.33. The Balaban J connectivity index is 1.80. The molecular weight excluding hydrogens is 309 g/mol. The molecule has 6 nitrogen and oxygen atoms in total. The summed E-state index contributed by atoms with van der Waals surface area (Å²) in [6.45, 7) is 1.67. The summed E-state index contributed by atoms with van der Waals surface area (Å²) < 4.78 is 16.8. The summed E-state index contributed by atoms with van der Waals surface area (Å²) in [7, 11) is 1.51. The Kier molecular flexibility index (Phi) is 4.24. The van der Waals surface area contributed by atoms with Gasteiger partial charge in [-0.05, 0) is 31.2 Å². The minimum Gasteiger partial charge on any atom is -0.323 e. The zero-order valence-corrected chi connectivity index (χ0v) is 13.3. The molecule has 122 valence electrons. The molecule has 0 atom stereocenters. The summed E-state index contributed by atoms with van der Waals surface area (Å²) in [4.78, 5) is 12.4. The van der Waals surface area contributed by atoms with Crippen LogP contribution in [-0.4, -0.2) is 26.5 Å². The fraction of sp³-hybridized carbons (Fsp3) is 0.118. The van der Waals surface area contributed by atoms with Gasteiger partial charge < -0.3 is 4.57 Å². The molecule has 0 aliphatic rings. The van der Waals surface area contributed by atoms with E-state index in [-0.39, 0.29) is 11.5 Å². The number of carbonyl (C=O) groups is 1. The minimum atomic E-state index is -0.502. The highest BCUT2D eigenvalue weighted by Crippen LogP contribution is 2.14. The van der Waals surface area contributed by atoms with Crippen LogP contribution in [0.5, 0.6) is 0 Å². The molecule has 3 aromatic rings. The largest absolute Gasteiger partial charge is 0.323 e. The van der Waals surface area contributed by atoms with Crippen LogP contribution in [0.4, 0.5) is 4.39 Å². The SMILES string of the molecule is Cc1nn(C)c(F)c1/C=N\NC(=O)c1ccccc1-n1cccc1. The van der Waals surface area contributed by atoms with Gasteiger partial charge in [-0.15, -0.1) is 0 Å². The maximum atomic E-state index is 13.8. The molecule has 0 bridgehead atoms. The van der Waals surface area contributed by atoms with Gasteiger partial charge in [-0.25, -0.2) is 10.1 Å². The van der Waals surface area contributed by atoms with Crippen molar-refractivity contribution in [3.63, 3.8) is 0 Å². The fourth-order valence-electron chi connectivity index (χ4n) is 2.39. The van der Waals surface area contributed by atoms with E-state index in [2.05, 4.69) is 15.6 Å². The number of hydrogen-bond acceptors (Lipinski definition) is 3. The molecule has 3 rings (SSSR count). The van der Waals surface area contributed by atoms with Crippen molar-refractivity contribution >= 4 is 12.1 Å². The Morgan fingerprint density at radius 3 is 2.62 bits per heavy atom. The number of para-hydroxylation sites is 1. The summed E-state index contributed by atoms with van der Waals surface area (Å²) >= 11 is 0. The highest BCUT2D eigenvalue weighted by molar-refractivity contribution is 5.98. The van der Waals surface area contributed by atoms with Gasteiger partial charge in [0.15, 0.2) is 0 Å². The number of aryl methyl sites for hydroxylation is 2. The van der Waals surface area contributed by atoms with Crippen molar-refractivity contribution in [1.82, 2.24) is 19.8 Å². The highest BCUT2D eigenvalue weighted by Gasteiger charge is 2.13. The topological polar surface area (TPSA) is 64.2 Å². The van der Waals surface area contributed by atoms with Gasteiger partial charge in [-0.1, -0.05) is 12.1 Å². The van der Waals surface area contributed by atoms with Crippen molar-refractivity contribution in [3.8, 4) is 5.69 Å². The first kappa shape index (κ1) is 15.7. The standard InChI is InChI=1S/C17H16FN5O/c1-12-14(16(18)22(2)21-12)11-19-20-17(24)13-7-3-4-8-15(13)23-9-5-6-10-23/h3-11H,1-2H3,(H,20,24)/b19-11-. The molecule has 2 aromatic heterocycles. The monoisotopic (exact) mass is 325 g/mol. The van der Waals surface area contributed by atoms with Gasteiger partial charge in [0.2, 0.25) is 5.95 Å². The molecule has 24 heavy (non-hydrogen) atoms. The van der Waals surface area contributed by atoms with Crippen molar-refractivity contribution in [2.45, 2.75) is 6.92 Å². The summed E-state index contributed by atoms with van der Waals surface area (Å²) in [6.07, 6.45) is 4.96. The van der Waals surface area contributed by atoms with E-state index in [0.717, 1.165) is 10.4 Å². The lowest BCUT2D eigenvalue weighted by Crippen LogP contribution is -2.19. The number of nitrogens with one attached hydrogen (secondary N) is 1. The number of carbonyl (C=O) groups excluding carboxylic acids is 1. The second kappa shape index (κ2) is 6.49. The van der Waals surface area contributed by atoms with E-state index in [9.17, 15) is 9.18 Å². The Morgan fingerprint density at radius 2 is 1.96 bits per heavy atom. The number of amides is 1. The van der Waals surface area contributed by atoms with Gasteiger partial charge in [-0.3, -0.25) is 4.79 Å². The molecular formula is C17H16FN5O. The van der Waals surface area contributed by atoms with Gasteiger partial charge in [0.05, 0.1) is 28.7 Å². The molecule has 0 saturated carbocycles. The maximum Gasteiger partial charge on any atom is 0.273 e. The summed E-state index contributed by atoms with van der Waals surface area (Å²) in [5, 5.41) is 7.80. The molecule has 7 heteroatoms. The average molecular weight is 325 g/mol. The van der Waals surface area contributed by atoms with E-state index in [1.165, 1.54) is 13.3 Å². The van der Waals surface area contributed by atoms with Crippen LogP contribution in [0.15, 0.2) is 53.9 Å². The van der Waals surface area contributed by atoms with Gasteiger partial charge in [0.1, 0.15) is 0 Å². The highest BCUT2D eigenvalue weighted by atomic mass is 19.1. The number of benzene rings is 1. The average Bonchev–Trinajstić information content (AvgIpc) is 3.19. The van der Waals surface area contributed by atoms with Crippen molar-refractivity contribution < 1.29 is 9.18 Å². The van der Waals surface area contributed by atoms with Crippen LogP contribution >= 0.6 is 0 Å². The second-order valence-corrected chi connectivity index (χ2v) is 5.22. The van der Waals surface area contributed by atoms with Gasteiger partial charge in [0, 0.05) is 19.4 Å². The molecule has 1 aromatic carbocycles. The third-order valence-corrected chi connectivity index (χ3v) is 3.59. The summed E-state index contributed by atoms with van der Waals surface area (Å²) in [5.41, 5.74) is 4.38. The van der Waals surface area contributed by atoms with Crippen molar-refractivity contribution in [1.29, 1.82) is 0 Å². The number of hydrogen-bond donors (Lipinski definition) is 1. The van der Waals surface area contributed by atoms with E-state index in [1.807, 2.05) is 41.2 Å². The number of rotatable bonds is 4. The number of hydrazone groups is 1. The maximum absolute atomic E-state index is 13.8. The fourth-order valence-corrected chi connectivity index (χ4v) is 2.39. The Morgan fingerprint density at radius 1 is 1.25 bits per heavy atom. The summed E-state index contributed by atoms with van der Waals surface area (Å²) in [6, 6.07) is 10.9. The predicted octanol–water partition coefficient (Wildman–Crippen LogP) is 2.42. The van der Waals surface area contributed by atoms with Gasteiger partial charge in [-0.2, -0.15) is 14.6 Å². The first-order valence-corrected chi connectivity index (χ1v) is 7.33. The molecule has 2 heterocycles. The van der Waals surface area contributed by atoms with E-state index in [1.54, 1.807) is 19.1 Å². The third-order valence-electron chi connectivity index (χ3n) is 3.59. The molecule has 0 aliphatic carbocycles. The lowest BCUT2D eigenvalue weighted by Gasteiger charge is -2.08. The molecule has 1 amide bonds. The van der Waals surface area contributed by atoms with Crippen LogP contribution < -0.4 is 5.43 Å². The predicted molar refractivity (Wildman–Crippen MR) is 88.7 cm³/mol. The van der Waals surface area contributed by atoms with Crippen molar-refractivity contribution in [3.05, 3.63) is 71.6 Å². The zero-order valence-electron chi connectivity index (χ0n) is 13.3. The van der Waals surface area contributed by atoms with E-state index in [0.29, 0.717) is 11.3 Å². The normalized spacial score (nSPS) is 11.1. The Bertz CT molecular complexity index is 896. The lowest BCUT2D eigenvalue weighted by atomic mass is 10.1. The Labute approximate surface area is 138 Å². The van der Waals surface area contributed by atoms with Crippen LogP contribution in [0.1, 0.15) is 21.6 Å². The first-order chi connectivity index (χ1) is 11.6. The molecule has 0 aliphatic heterocycles. The molecule has 0 saturated heterocycles. The van der Waals surface area contributed by atoms with Crippen molar-refractivity contribution in [2.75, 3.05) is 0 Å². The van der Waals surface area contributed by atoms with Crippen LogP contribution in [0.3, 0.4) is 0 Å².